The number of rotatable bonds is 3. The standard InChI is InChI=1S/C21H17N3O2S/c1-14-12-16(15(2)23(14)19-10-6-7-11-22-19)13-18-20(25)24(21(26)27-18)17-8-4-3-5-9-17/h3-13H,1-2H3/b18-13+. The number of pyridine rings is 1. The third kappa shape index (κ3) is 3.08. The quantitative estimate of drug-likeness (QED) is 0.621. The lowest BCUT2D eigenvalue weighted by Crippen LogP contribution is -2.27. The van der Waals surface area contributed by atoms with Crippen LogP contribution in [0.15, 0.2) is 65.7 Å². The smallest absolute Gasteiger partial charge is 0.298 e. The molecule has 5 nitrogen and oxygen atoms in total. The third-order valence-electron chi connectivity index (χ3n) is 4.44. The van der Waals surface area contributed by atoms with Gasteiger partial charge in [0, 0.05) is 17.6 Å². The summed E-state index contributed by atoms with van der Waals surface area (Å²) in [7, 11) is 0. The van der Waals surface area contributed by atoms with E-state index in [9.17, 15) is 9.59 Å². The van der Waals surface area contributed by atoms with E-state index in [1.54, 1.807) is 24.4 Å². The molecular weight excluding hydrogens is 358 g/mol. The molecular formula is C21H17N3O2S. The minimum Gasteiger partial charge on any atom is -0.303 e. The second-order valence-corrected chi connectivity index (χ2v) is 7.20. The van der Waals surface area contributed by atoms with Crippen molar-refractivity contribution in [2.75, 3.05) is 4.90 Å². The number of para-hydroxylation sites is 1. The molecule has 0 spiro atoms. The summed E-state index contributed by atoms with van der Waals surface area (Å²) in [5, 5.41) is -0.281. The molecule has 2 aromatic heterocycles. The van der Waals surface area contributed by atoms with Crippen molar-refractivity contribution >= 4 is 34.7 Å². The number of hydrogen-bond acceptors (Lipinski definition) is 4. The summed E-state index contributed by atoms with van der Waals surface area (Å²) in [5.41, 5.74) is 3.47. The zero-order chi connectivity index (χ0) is 19.0. The summed E-state index contributed by atoms with van der Waals surface area (Å²) in [4.78, 5) is 31.2. The first-order chi connectivity index (χ1) is 13.1. The van der Waals surface area contributed by atoms with Crippen LogP contribution in [0.5, 0.6) is 0 Å². The van der Waals surface area contributed by atoms with Gasteiger partial charge in [-0.05, 0) is 67.6 Å². The van der Waals surface area contributed by atoms with Gasteiger partial charge >= 0.3 is 0 Å². The Labute approximate surface area is 161 Å². The average Bonchev–Trinajstić information content (AvgIpc) is 3.11. The summed E-state index contributed by atoms with van der Waals surface area (Å²) < 4.78 is 2.03. The van der Waals surface area contributed by atoms with Crippen LogP contribution in [-0.2, 0) is 4.79 Å². The van der Waals surface area contributed by atoms with Gasteiger partial charge in [0.2, 0.25) is 0 Å². The highest BCUT2D eigenvalue weighted by Crippen LogP contribution is 2.36. The molecule has 1 aromatic carbocycles. The molecule has 0 unspecified atom stereocenters. The van der Waals surface area contributed by atoms with Gasteiger partial charge in [-0.3, -0.25) is 9.59 Å². The topological polar surface area (TPSA) is 55.2 Å². The van der Waals surface area contributed by atoms with Crippen molar-refractivity contribution in [3.05, 3.63) is 82.7 Å². The Hall–Kier alpha value is -3.12. The lowest BCUT2D eigenvalue weighted by atomic mass is 10.2. The zero-order valence-electron chi connectivity index (χ0n) is 14.9. The molecule has 0 atom stereocenters. The highest BCUT2D eigenvalue weighted by Gasteiger charge is 2.36. The molecule has 3 aromatic rings. The molecule has 6 heteroatoms. The number of nitrogens with zero attached hydrogens (tertiary/aromatic N) is 3. The van der Waals surface area contributed by atoms with E-state index in [4.69, 9.17) is 0 Å². The normalized spacial score (nSPS) is 15.8. The highest BCUT2D eigenvalue weighted by molar-refractivity contribution is 8.19. The molecule has 1 aliphatic heterocycles. The predicted octanol–water partition coefficient (Wildman–Crippen LogP) is 4.73. The van der Waals surface area contributed by atoms with Gasteiger partial charge in [-0.25, -0.2) is 9.88 Å². The maximum atomic E-state index is 12.8. The largest absolute Gasteiger partial charge is 0.303 e. The molecule has 0 radical (unpaired) electrons. The number of hydrogen-bond donors (Lipinski definition) is 0. The van der Waals surface area contributed by atoms with Crippen LogP contribution in [-0.4, -0.2) is 20.7 Å². The molecule has 134 valence electrons. The molecule has 1 aliphatic rings. The van der Waals surface area contributed by atoms with Gasteiger partial charge in [0.05, 0.1) is 10.6 Å². The predicted molar refractivity (Wildman–Crippen MR) is 108 cm³/mol. The van der Waals surface area contributed by atoms with Crippen molar-refractivity contribution in [3.63, 3.8) is 0 Å². The van der Waals surface area contributed by atoms with Crippen LogP contribution in [0.1, 0.15) is 17.0 Å². The van der Waals surface area contributed by atoms with Gasteiger partial charge in [0.15, 0.2) is 0 Å². The Bertz CT molecular complexity index is 1060. The first kappa shape index (κ1) is 17.3. The van der Waals surface area contributed by atoms with Gasteiger partial charge < -0.3 is 4.57 Å². The molecule has 4 rings (SSSR count). The van der Waals surface area contributed by atoms with Gasteiger partial charge in [-0.2, -0.15) is 0 Å². The maximum absolute atomic E-state index is 12.8. The second-order valence-electron chi connectivity index (χ2n) is 6.20. The summed E-state index contributed by atoms with van der Waals surface area (Å²) in [5.74, 6) is 0.531. The Morgan fingerprint density at radius 1 is 1.00 bits per heavy atom. The van der Waals surface area contributed by atoms with Crippen molar-refractivity contribution in [1.82, 2.24) is 9.55 Å². The molecule has 0 saturated carbocycles. The number of carbonyl (C=O) groups excluding carboxylic acids is 2. The molecule has 0 aliphatic carbocycles. The van der Waals surface area contributed by atoms with E-state index < -0.39 is 0 Å². The van der Waals surface area contributed by atoms with Gasteiger partial charge in [0.1, 0.15) is 5.82 Å². The molecule has 27 heavy (non-hydrogen) atoms. The highest BCUT2D eigenvalue weighted by atomic mass is 32.2. The summed E-state index contributed by atoms with van der Waals surface area (Å²) in [6.45, 7) is 3.98. The monoisotopic (exact) mass is 375 g/mol. The fraction of sp³-hybridized carbons (Fsp3) is 0.0952. The number of thioether (sulfide) groups is 1. The number of amides is 2. The lowest BCUT2D eigenvalue weighted by molar-refractivity contribution is -0.113. The van der Waals surface area contributed by atoms with Crippen molar-refractivity contribution in [2.24, 2.45) is 0 Å². The van der Waals surface area contributed by atoms with Crippen LogP contribution < -0.4 is 4.90 Å². The number of anilines is 1. The van der Waals surface area contributed by atoms with Crippen LogP contribution in [0.3, 0.4) is 0 Å². The van der Waals surface area contributed by atoms with Crippen LogP contribution in [0, 0.1) is 13.8 Å². The Morgan fingerprint density at radius 3 is 2.44 bits per heavy atom. The first-order valence-electron chi connectivity index (χ1n) is 8.49. The number of aryl methyl sites for hydroxylation is 1. The number of aromatic nitrogens is 2. The third-order valence-corrected chi connectivity index (χ3v) is 5.31. The van der Waals surface area contributed by atoms with Crippen LogP contribution in [0.2, 0.25) is 0 Å². The SMILES string of the molecule is Cc1cc(/C=C2/SC(=O)N(c3ccccc3)C2=O)c(C)n1-c1ccccn1. The summed E-state index contributed by atoms with van der Waals surface area (Å²) in [6, 6.07) is 16.7. The van der Waals surface area contributed by atoms with Crippen LogP contribution >= 0.6 is 11.8 Å². The first-order valence-corrected chi connectivity index (χ1v) is 9.31. The minimum absolute atomic E-state index is 0.281. The molecule has 0 bridgehead atoms. The number of benzene rings is 1. The Kier molecular flexibility index (Phi) is 4.41. The second kappa shape index (κ2) is 6.89. The lowest BCUT2D eigenvalue weighted by Gasteiger charge is -2.11. The molecule has 0 N–H and O–H groups in total. The fourth-order valence-corrected chi connectivity index (χ4v) is 4.01. The summed E-state index contributed by atoms with van der Waals surface area (Å²) >= 11 is 0.965. The van der Waals surface area contributed by atoms with E-state index in [-0.39, 0.29) is 11.1 Å². The fourth-order valence-electron chi connectivity index (χ4n) is 3.18. The number of carbonyl (C=O) groups is 2. The van der Waals surface area contributed by atoms with Crippen LogP contribution in [0.25, 0.3) is 11.9 Å². The van der Waals surface area contributed by atoms with Crippen molar-refractivity contribution in [1.29, 1.82) is 0 Å². The average molecular weight is 375 g/mol. The van der Waals surface area contributed by atoms with E-state index in [0.29, 0.717) is 10.6 Å². The number of imide groups is 1. The maximum Gasteiger partial charge on any atom is 0.298 e. The van der Waals surface area contributed by atoms with Gasteiger partial charge in [-0.15, -0.1) is 0 Å². The van der Waals surface area contributed by atoms with Crippen molar-refractivity contribution < 1.29 is 9.59 Å². The molecule has 2 amide bonds. The van der Waals surface area contributed by atoms with E-state index in [1.165, 1.54) is 4.90 Å². The van der Waals surface area contributed by atoms with Crippen molar-refractivity contribution in [2.45, 2.75) is 13.8 Å². The Balaban J connectivity index is 1.71. The van der Waals surface area contributed by atoms with E-state index >= 15 is 0 Å². The molecule has 1 saturated heterocycles. The minimum atomic E-state index is -0.293. The zero-order valence-corrected chi connectivity index (χ0v) is 15.7. The van der Waals surface area contributed by atoms with E-state index in [0.717, 1.165) is 34.5 Å². The van der Waals surface area contributed by atoms with Crippen LogP contribution in [0.4, 0.5) is 10.5 Å². The molecule has 3 heterocycles. The van der Waals surface area contributed by atoms with Gasteiger partial charge in [0.25, 0.3) is 11.1 Å². The van der Waals surface area contributed by atoms with Gasteiger partial charge in [-0.1, -0.05) is 24.3 Å². The summed E-state index contributed by atoms with van der Waals surface area (Å²) in [6.07, 6.45) is 3.54. The van der Waals surface area contributed by atoms with E-state index in [1.807, 2.05) is 60.9 Å². The Morgan fingerprint density at radius 2 is 1.74 bits per heavy atom. The molecule has 1 fully saturated rings. The van der Waals surface area contributed by atoms with E-state index in [2.05, 4.69) is 4.98 Å². The van der Waals surface area contributed by atoms with Crippen molar-refractivity contribution in [3.8, 4) is 5.82 Å².